The number of carbonyl (C=O) groups is 2. The van der Waals surface area contributed by atoms with E-state index in [1.807, 2.05) is 0 Å². The second-order valence-corrected chi connectivity index (χ2v) is 5.69. The second-order valence-electron chi connectivity index (χ2n) is 3.88. The third-order valence-corrected chi connectivity index (χ3v) is 4.28. The van der Waals surface area contributed by atoms with Gasteiger partial charge in [0.2, 0.25) is 0 Å². The maximum atomic E-state index is 13.4. The summed E-state index contributed by atoms with van der Waals surface area (Å²) in [5, 5.41) is 8.82. The standard InChI is InChI=1S/C11H8Cl2FNO3S/c12-6-2-7(13)8(14)1-5(6)10(16)15-4-19-3-9(15)11(17)18/h1-2,9H,3-4H2,(H,17,18)/t9-/m0/s1. The maximum Gasteiger partial charge on any atom is 0.327 e. The largest absolute Gasteiger partial charge is 0.480 e. The van der Waals surface area contributed by atoms with Gasteiger partial charge in [0.15, 0.2) is 0 Å². The minimum absolute atomic E-state index is 0.00237. The molecule has 8 heteroatoms. The number of carbonyl (C=O) groups excluding carboxylic acids is 1. The van der Waals surface area contributed by atoms with Gasteiger partial charge in [-0.3, -0.25) is 4.79 Å². The molecule has 1 aliphatic heterocycles. The molecule has 0 unspecified atom stereocenters. The number of nitrogens with zero attached hydrogens (tertiary/aromatic N) is 1. The summed E-state index contributed by atoms with van der Waals surface area (Å²) in [6, 6.07) is 1.13. The van der Waals surface area contributed by atoms with Gasteiger partial charge >= 0.3 is 5.97 Å². The summed E-state index contributed by atoms with van der Waals surface area (Å²) in [6.45, 7) is 0. The molecule has 1 aromatic rings. The summed E-state index contributed by atoms with van der Waals surface area (Å²) in [5.41, 5.74) is -0.0858. The first-order chi connectivity index (χ1) is 8.91. The maximum absolute atomic E-state index is 13.4. The van der Waals surface area contributed by atoms with Crippen LogP contribution >= 0.6 is 35.0 Å². The number of halogens is 3. The molecule has 19 heavy (non-hydrogen) atoms. The van der Waals surface area contributed by atoms with E-state index in [9.17, 15) is 14.0 Å². The molecule has 0 bridgehead atoms. The zero-order valence-electron chi connectivity index (χ0n) is 9.40. The van der Waals surface area contributed by atoms with Gasteiger partial charge in [0.25, 0.3) is 5.91 Å². The van der Waals surface area contributed by atoms with Crippen LogP contribution in [0, 0.1) is 5.82 Å². The molecule has 0 aliphatic carbocycles. The van der Waals surface area contributed by atoms with Crippen molar-refractivity contribution in [1.82, 2.24) is 4.90 Å². The number of benzene rings is 1. The Morgan fingerprint density at radius 3 is 2.68 bits per heavy atom. The summed E-state index contributed by atoms with van der Waals surface area (Å²) in [6.07, 6.45) is 0. The monoisotopic (exact) mass is 323 g/mol. The van der Waals surface area contributed by atoms with Crippen LogP contribution in [0.5, 0.6) is 0 Å². The SMILES string of the molecule is O=C(O)[C@@H]1CSCN1C(=O)c1cc(F)c(Cl)cc1Cl. The van der Waals surface area contributed by atoms with Crippen molar-refractivity contribution in [2.24, 2.45) is 0 Å². The molecular formula is C11H8Cl2FNO3S. The first-order valence-electron chi connectivity index (χ1n) is 5.18. The number of amides is 1. The van der Waals surface area contributed by atoms with Crippen molar-refractivity contribution < 1.29 is 19.1 Å². The van der Waals surface area contributed by atoms with Crippen LogP contribution in [-0.2, 0) is 4.79 Å². The quantitative estimate of drug-likeness (QED) is 0.850. The number of hydrogen-bond acceptors (Lipinski definition) is 3. The fraction of sp³-hybridized carbons (Fsp3) is 0.273. The summed E-state index contributed by atoms with van der Waals surface area (Å²) >= 11 is 12.7. The predicted octanol–water partition coefficient (Wildman–Crippen LogP) is 2.73. The van der Waals surface area contributed by atoms with Gasteiger partial charge in [0.05, 0.1) is 21.5 Å². The fourth-order valence-electron chi connectivity index (χ4n) is 1.69. The van der Waals surface area contributed by atoms with Crippen molar-refractivity contribution in [2.75, 3.05) is 11.6 Å². The molecule has 0 spiro atoms. The van der Waals surface area contributed by atoms with E-state index in [2.05, 4.69) is 0 Å². The molecule has 1 N–H and O–H groups in total. The molecule has 0 saturated carbocycles. The number of hydrogen-bond donors (Lipinski definition) is 1. The van der Waals surface area contributed by atoms with Gasteiger partial charge < -0.3 is 10.0 Å². The normalized spacial score (nSPS) is 18.7. The van der Waals surface area contributed by atoms with Crippen LogP contribution in [0.25, 0.3) is 0 Å². The van der Waals surface area contributed by atoms with E-state index in [1.165, 1.54) is 11.8 Å². The molecule has 4 nitrogen and oxygen atoms in total. The smallest absolute Gasteiger partial charge is 0.327 e. The van der Waals surface area contributed by atoms with Crippen molar-refractivity contribution in [3.8, 4) is 0 Å². The van der Waals surface area contributed by atoms with Crippen LogP contribution in [0.2, 0.25) is 10.0 Å². The molecule has 1 fully saturated rings. The van der Waals surface area contributed by atoms with Crippen LogP contribution in [0.3, 0.4) is 0 Å². The Morgan fingerprint density at radius 2 is 2.05 bits per heavy atom. The van der Waals surface area contributed by atoms with Gasteiger partial charge in [-0.15, -0.1) is 11.8 Å². The number of thioether (sulfide) groups is 1. The number of rotatable bonds is 2. The first kappa shape index (κ1) is 14.4. The highest BCUT2D eigenvalue weighted by Gasteiger charge is 2.35. The van der Waals surface area contributed by atoms with Gasteiger partial charge in [-0.05, 0) is 12.1 Å². The third-order valence-electron chi connectivity index (χ3n) is 2.67. The predicted molar refractivity (Wildman–Crippen MR) is 71.3 cm³/mol. The van der Waals surface area contributed by atoms with Crippen molar-refractivity contribution in [3.05, 3.63) is 33.6 Å². The van der Waals surface area contributed by atoms with E-state index >= 15 is 0 Å². The Balaban J connectivity index is 2.34. The molecule has 2 rings (SSSR count). The first-order valence-corrected chi connectivity index (χ1v) is 7.09. The van der Waals surface area contributed by atoms with Gasteiger partial charge in [-0.1, -0.05) is 23.2 Å². The number of carboxylic acid groups (broad SMARTS) is 1. The van der Waals surface area contributed by atoms with Crippen LogP contribution < -0.4 is 0 Å². The second kappa shape index (κ2) is 5.56. The molecule has 1 atom stereocenters. The average Bonchev–Trinajstić information content (AvgIpc) is 2.82. The molecule has 1 heterocycles. The van der Waals surface area contributed by atoms with E-state index in [4.69, 9.17) is 28.3 Å². The molecule has 1 amide bonds. The Labute approximate surface area is 122 Å². The Bertz CT molecular complexity index is 555. The molecule has 0 radical (unpaired) electrons. The van der Waals surface area contributed by atoms with Crippen molar-refractivity contribution in [2.45, 2.75) is 6.04 Å². The van der Waals surface area contributed by atoms with Gasteiger partial charge in [-0.2, -0.15) is 0 Å². The molecular weight excluding hydrogens is 316 g/mol. The Hall–Kier alpha value is -0.980. The van der Waals surface area contributed by atoms with Crippen molar-refractivity contribution in [3.63, 3.8) is 0 Å². The molecule has 1 aromatic carbocycles. The minimum Gasteiger partial charge on any atom is -0.480 e. The number of carboxylic acids is 1. The zero-order chi connectivity index (χ0) is 14.2. The summed E-state index contributed by atoms with van der Waals surface area (Å²) < 4.78 is 13.4. The average molecular weight is 324 g/mol. The van der Waals surface area contributed by atoms with E-state index in [-0.39, 0.29) is 21.5 Å². The Kier molecular flexibility index (Phi) is 4.23. The van der Waals surface area contributed by atoms with Gasteiger partial charge in [-0.25, -0.2) is 9.18 Å². The van der Waals surface area contributed by atoms with Gasteiger partial charge in [0, 0.05) is 5.75 Å². The van der Waals surface area contributed by atoms with Crippen LogP contribution in [-0.4, -0.2) is 39.6 Å². The lowest BCUT2D eigenvalue weighted by Gasteiger charge is -2.21. The molecule has 1 aliphatic rings. The molecule has 1 saturated heterocycles. The topological polar surface area (TPSA) is 57.6 Å². The Morgan fingerprint density at radius 1 is 1.37 bits per heavy atom. The summed E-state index contributed by atoms with van der Waals surface area (Å²) in [7, 11) is 0. The zero-order valence-corrected chi connectivity index (χ0v) is 11.7. The van der Waals surface area contributed by atoms with Crippen LogP contribution in [0.1, 0.15) is 10.4 Å². The third kappa shape index (κ3) is 2.80. The van der Waals surface area contributed by atoms with E-state index in [1.54, 1.807) is 0 Å². The highest BCUT2D eigenvalue weighted by atomic mass is 35.5. The van der Waals surface area contributed by atoms with Gasteiger partial charge in [0.1, 0.15) is 11.9 Å². The summed E-state index contributed by atoms with van der Waals surface area (Å²) in [5.74, 6) is -1.94. The summed E-state index contributed by atoms with van der Waals surface area (Å²) in [4.78, 5) is 24.4. The molecule has 102 valence electrons. The van der Waals surface area contributed by atoms with Crippen LogP contribution in [0.4, 0.5) is 4.39 Å². The van der Waals surface area contributed by atoms with Crippen molar-refractivity contribution in [1.29, 1.82) is 0 Å². The van der Waals surface area contributed by atoms with E-state index in [0.29, 0.717) is 5.75 Å². The van der Waals surface area contributed by atoms with Crippen molar-refractivity contribution >= 4 is 46.8 Å². The lowest BCUT2D eigenvalue weighted by atomic mass is 10.1. The lowest BCUT2D eigenvalue weighted by molar-refractivity contribution is -0.140. The number of aliphatic carboxylic acids is 1. The van der Waals surface area contributed by atoms with E-state index in [0.717, 1.165) is 17.0 Å². The van der Waals surface area contributed by atoms with Crippen LogP contribution in [0.15, 0.2) is 12.1 Å². The fourth-order valence-corrected chi connectivity index (χ4v) is 3.30. The highest BCUT2D eigenvalue weighted by Crippen LogP contribution is 2.29. The van der Waals surface area contributed by atoms with E-state index < -0.39 is 23.7 Å². The molecule has 0 aromatic heterocycles. The lowest BCUT2D eigenvalue weighted by Crippen LogP contribution is -2.41. The minimum atomic E-state index is -1.09. The highest BCUT2D eigenvalue weighted by molar-refractivity contribution is 7.99.